The van der Waals surface area contributed by atoms with Gasteiger partial charge in [0.2, 0.25) is 0 Å². The normalized spacial score (nSPS) is 27.1. The average Bonchev–Trinajstić information content (AvgIpc) is 2.55. The summed E-state index contributed by atoms with van der Waals surface area (Å²) in [4.78, 5) is 10.6. The molecule has 1 aliphatic heterocycles. The van der Waals surface area contributed by atoms with E-state index < -0.39 is 11.5 Å². The van der Waals surface area contributed by atoms with E-state index in [1.54, 1.807) is 0 Å². The number of hydrogen-bond donors (Lipinski definition) is 2. The van der Waals surface area contributed by atoms with E-state index in [0.29, 0.717) is 19.6 Å². The maximum atomic E-state index is 10.6. The van der Waals surface area contributed by atoms with Gasteiger partial charge in [0.1, 0.15) is 0 Å². The molecule has 0 aromatic carbocycles. The predicted octanol–water partition coefficient (Wildman–Crippen LogP) is 0.605. The zero-order chi connectivity index (χ0) is 9.90. The second-order valence-electron chi connectivity index (χ2n) is 3.72. The molecule has 1 fully saturated rings. The number of aliphatic carboxylic acids is 1. The van der Waals surface area contributed by atoms with Gasteiger partial charge in [-0.05, 0) is 12.8 Å². The summed E-state index contributed by atoms with van der Waals surface area (Å²) >= 11 is 0. The van der Waals surface area contributed by atoms with E-state index >= 15 is 0 Å². The molecule has 3 N–H and O–H groups in total. The summed E-state index contributed by atoms with van der Waals surface area (Å²) in [5.74, 6) is -0.621. The van der Waals surface area contributed by atoms with Gasteiger partial charge in [-0.2, -0.15) is 0 Å². The number of hydrogen-bond acceptors (Lipinski definition) is 3. The van der Waals surface area contributed by atoms with Crippen molar-refractivity contribution in [3.8, 4) is 0 Å². The highest BCUT2D eigenvalue weighted by atomic mass is 16.5. The Labute approximate surface area is 78.1 Å². The van der Waals surface area contributed by atoms with Crippen LogP contribution in [0.15, 0.2) is 0 Å². The quantitative estimate of drug-likeness (QED) is 0.676. The molecular formula is C9H17NO3. The molecule has 4 nitrogen and oxygen atoms in total. The monoisotopic (exact) mass is 187 g/mol. The van der Waals surface area contributed by atoms with Crippen molar-refractivity contribution < 1.29 is 14.6 Å². The van der Waals surface area contributed by atoms with Crippen LogP contribution in [-0.4, -0.2) is 29.8 Å². The van der Waals surface area contributed by atoms with Gasteiger partial charge in [0, 0.05) is 18.1 Å². The van der Waals surface area contributed by atoms with Crippen LogP contribution < -0.4 is 5.73 Å². The van der Waals surface area contributed by atoms with E-state index in [1.807, 2.05) is 6.92 Å². The molecule has 0 radical (unpaired) electrons. The SMILES string of the molecule is CCC(N)(CC(=O)O)C1CCOC1. The molecule has 0 aromatic heterocycles. The molecule has 4 heteroatoms. The molecule has 0 spiro atoms. The predicted molar refractivity (Wildman–Crippen MR) is 48.4 cm³/mol. The maximum Gasteiger partial charge on any atom is 0.305 e. The summed E-state index contributed by atoms with van der Waals surface area (Å²) in [7, 11) is 0. The molecule has 0 aromatic rings. The zero-order valence-electron chi connectivity index (χ0n) is 7.95. The molecule has 1 rings (SSSR count). The van der Waals surface area contributed by atoms with E-state index in [-0.39, 0.29) is 12.3 Å². The highest BCUT2D eigenvalue weighted by Crippen LogP contribution is 2.29. The van der Waals surface area contributed by atoms with Gasteiger partial charge in [-0.15, -0.1) is 0 Å². The lowest BCUT2D eigenvalue weighted by atomic mass is 9.79. The number of rotatable bonds is 4. The van der Waals surface area contributed by atoms with Crippen LogP contribution in [0.3, 0.4) is 0 Å². The molecule has 76 valence electrons. The Bertz CT molecular complexity index is 189. The minimum Gasteiger partial charge on any atom is -0.481 e. The van der Waals surface area contributed by atoms with Crippen molar-refractivity contribution in [2.45, 2.75) is 31.7 Å². The van der Waals surface area contributed by atoms with E-state index in [2.05, 4.69) is 0 Å². The lowest BCUT2D eigenvalue weighted by molar-refractivity contribution is -0.139. The van der Waals surface area contributed by atoms with Crippen LogP contribution in [0, 0.1) is 5.92 Å². The van der Waals surface area contributed by atoms with Crippen LogP contribution in [0.5, 0.6) is 0 Å². The van der Waals surface area contributed by atoms with Crippen LogP contribution in [-0.2, 0) is 9.53 Å². The van der Waals surface area contributed by atoms with Gasteiger partial charge in [0.25, 0.3) is 0 Å². The summed E-state index contributed by atoms with van der Waals surface area (Å²) in [5.41, 5.74) is 5.46. The summed E-state index contributed by atoms with van der Waals surface area (Å²) in [5, 5.41) is 8.72. The fourth-order valence-corrected chi connectivity index (χ4v) is 1.83. The van der Waals surface area contributed by atoms with Gasteiger partial charge < -0.3 is 15.6 Å². The lowest BCUT2D eigenvalue weighted by Gasteiger charge is -2.31. The lowest BCUT2D eigenvalue weighted by Crippen LogP contribution is -2.48. The molecule has 0 saturated carbocycles. The molecule has 0 aliphatic carbocycles. The zero-order valence-corrected chi connectivity index (χ0v) is 7.95. The van der Waals surface area contributed by atoms with Crippen LogP contribution >= 0.6 is 0 Å². The molecule has 2 atom stereocenters. The highest BCUT2D eigenvalue weighted by Gasteiger charge is 2.37. The van der Waals surface area contributed by atoms with Crippen molar-refractivity contribution in [1.82, 2.24) is 0 Å². The van der Waals surface area contributed by atoms with Crippen molar-refractivity contribution in [3.63, 3.8) is 0 Å². The van der Waals surface area contributed by atoms with E-state index in [1.165, 1.54) is 0 Å². The summed E-state index contributed by atoms with van der Waals surface area (Å²) in [6.45, 7) is 3.25. The molecule has 1 heterocycles. The molecular weight excluding hydrogens is 170 g/mol. The summed E-state index contributed by atoms with van der Waals surface area (Å²) < 4.78 is 5.21. The minimum absolute atomic E-state index is 0.0392. The second kappa shape index (κ2) is 4.07. The molecule has 0 bridgehead atoms. The van der Waals surface area contributed by atoms with Crippen molar-refractivity contribution in [2.24, 2.45) is 11.7 Å². The largest absolute Gasteiger partial charge is 0.481 e. The number of carboxylic acid groups (broad SMARTS) is 1. The van der Waals surface area contributed by atoms with E-state index in [9.17, 15) is 4.79 Å². The van der Waals surface area contributed by atoms with Gasteiger partial charge in [0.05, 0.1) is 13.0 Å². The van der Waals surface area contributed by atoms with Crippen molar-refractivity contribution in [1.29, 1.82) is 0 Å². The highest BCUT2D eigenvalue weighted by molar-refractivity contribution is 5.68. The number of carbonyl (C=O) groups is 1. The summed E-state index contributed by atoms with van der Waals surface area (Å²) in [6, 6.07) is 0. The molecule has 0 amide bonds. The minimum atomic E-state index is -0.823. The Morgan fingerprint density at radius 1 is 1.77 bits per heavy atom. The third-order valence-electron chi connectivity index (χ3n) is 2.88. The van der Waals surface area contributed by atoms with Gasteiger partial charge in [-0.3, -0.25) is 4.79 Å². The second-order valence-corrected chi connectivity index (χ2v) is 3.72. The number of nitrogens with two attached hydrogens (primary N) is 1. The average molecular weight is 187 g/mol. The Kier molecular flexibility index (Phi) is 3.27. The fraction of sp³-hybridized carbons (Fsp3) is 0.889. The summed E-state index contributed by atoms with van der Waals surface area (Å²) in [6.07, 6.45) is 1.61. The molecule has 2 unspecified atom stereocenters. The Balaban J connectivity index is 2.61. The first kappa shape index (κ1) is 10.5. The Hall–Kier alpha value is -0.610. The van der Waals surface area contributed by atoms with Crippen molar-refractivity contribution >= 4 is 5.97 Å². The van der Waals surface area contributed by atoms with Gasteiger partial charge in [-0.25, -0.2) is 0 Å². The Morgan fingerprint density at radius 3 is 2.85 bits per heavy atom. The smallest absolute Gasteiger partial charge is 0.305 e. The van der Waals surface area contributed by atoms with Gasteiger partial charge in [-0.1, -0.05) is 6.92 Å². The third-order valence-corrected chi connectivity index (χ3v) is 2.88. The number of carboxylic acids is 1. The molecule has 13 heavy (non-hydrogen) atoms. The maximum absolute atomic E-state index is 10.6. The third kappa shape index (κ3) is 2.42. The first-order chi connectivity index (χ1) is 6.08. The van der Waals surface area contributed by atoms with Crippen LogP contribution in [0.4, 0.5) is 0 Å². The first-order valence-electron chi connectivity index (χ1n) is 4.67. The fourth-order valence-electron chi connectivity index (χ4n) is 1.83. The first-order valence-corrected chi connectivity index (χ1v) is 4.67. The standard InChI is InChI=1S/C9H17NO3/c1-2-9(10,5-8(11)12)7-3-4-13-6-7/h7H,2-6,10H2,1H3,(H,11,12). The Morgan fingerprint density at radius 2 is 2.46 bits per heavy atom. The van der Waals surface area contributed by atoms with Crippen molar-refractivity contribution in [3.05, 3.63) is 0 Å². The molecule has 1 saturated heterocycles. The molecule has 1 aliphatic rings. The van der Waals surface area contributed by atoms with Crippen LogP contribution in [0.2, 0.25) is 0 Å². The number of ether oxygens (including phenoxy) is 1. The van der Waals surface area contributed by atoms with Crippen LogP contribution in [0.1, 0.15) is 26.2 Å². The van der Waals surface area contributed by atoms with Crippen LogP contribution in [0.25, 0.3) is 0 Å². The van der Waals surface area contributed by atoms with Gasteiger partial charge >= 0.3 is 5.97 Å². The van der Waals surface area contributed by atoms with Gasteiger partial charge in [0.15, 0.2) is 0 Å². The van der Waals surface area contributed by atoms with E-state index in [0.717, 1.165) is 6.42 Å². The van der Waals surface area contributed by atoms with E-state index in [4.69, 9.17) is 15.6 Å². The van der Waals surface area contributed by atoms with Crippen molar-refractivity contribution in [2.75, 3.05) is 13.2 Å². The topological polar surface area (TPSA) is 72.6 Å².